The molecule has 3 N–H and O–H groups in total. The number of nitrogens with zero attached hydrogens (tertiary/aromatic N) is 1. The van der Waals surface area contributed by atoms with Gasteiger partial charge in [0, 0.05) is 18.8 Å². The largest absolute Gasteiger partial charge is 0.474 e. The maximum Gasteiger partial charge on any atom is 0.237 e. The predicted molar refractivity (Wildman–Crippen MR) is 86.4 cm³/mol. The van der Waals surface area contributed by atoms with E-state index in [1.807, 2.05) is 26.0 Å². The SMILES string of the molecule is CCC(C)C(N)C(=O)NCc1ccnc(OC2CCCC2)c1. The highest BCUT2D eigenvalue weighted by Crippen LogP contribution is 2.23. The molecule has 1 aliphatic carbocycles. The summed E-state index contributed by atoms with van der Waals surface area (Å²) >= 11 is 0. The van der Waals surface area contributed by atoms with Crippen LogP contribution in [0.15, 0.2) is 18.3 Å². The number of pyridine rings is 1. The lowest BCUT2D eigenvalue weighted by molar-refractivity contribution is -0.123. The minimum atomic E-state index is -0.457. The Bertz CT molecular complexity index is 487. The molecule has 0 bridgehead atoms. The summed E-state index contributed by atoms with van der Waals surface area (Å²) in [5, 5.41) is 2.89. The minimum absolute atomic E-state index is 0.107. The van der Waals surface area contributed by atoms with E-state index in [1.54, 1.807) is 6.20 Å². The molecule has 0 aliphatic heterocycles. The lowest BCUT2D eigenvalue weighted by atomic mass is 9.99. The van der Waals surface area contributed by atoms with Gasteiger partial charge in [-0.2, -0.15) is 0 Å². The van der Waals surface area contributed by atoms with Crippen molar-refractivity contribution in [3.05, 3.63) is 23.9 Å². The van der Waals surface area contributed by atoms with Crippen molar-refractivity contribution in [3.63, 3.8) is 0 Å². The number of ether oxygens (including phenoxy) is 1. The molecule has 0 radical (unpaired) electrons. The van der Waals surface area contributed by atoms with Crippen LogP contribution in [0.25, 0.3) is 0 Å². The molecule has 22 heavy (non-hydrogen) atoms. The van der Waals surface area contributed by atoms with E-state index in [-0.39, 0.29) is 17.9 Å². The number of nitrogens with two attached hydrogens (primary N) is 1. The second-order valence-corrected chi connectivity index (χ2v) is 6.16. The van der Waals surface area contributed by atoms with Crippen LogP contribution in [0.1, 0.15) is 51.5 Å². The third-order valence-corrected chi connectivity index (χ3v) is 4.42. The van der Waals surface area contributed by atoms with Gasteiger partial charge in [-0.3, -0.25) is 4.79 Å². The summed E-state index contributed by atoms with van der Waals surface area (Å²) < 4.78 is 5.88. The molecule has 1 heterocycles. The Morgan fingerprint density at radius 3 is 2.91 bits per heavy atom. The van der Waals surface area contributed by atoms with Crippen molar-refractivity contribution in [3.8, 4) is 5.88 Å². The summed E-state index contributed by atoms with van der Waals surface area (Å²) in [6.45, 7) is 4.48. The fourth-order valence-electron chi connectivity index (χ4n) is 2.62. The summed E-state index contributed by atoms with van der Waals surface area (Å²) in [5.41, 5.74) is 6.90. The maximum absolute atomic E-state index is 12.0. The van der Waals surface area contributed by atoms with Crippen LogP contribution in [0.4, 0.5) is 0 Å². The van der Waals surface area contributed by atoms with Crippen molar-refractivity contribution in [2.45, 2.75) is 64.6 Å². The Morgan fingerprint density at radius 2 is 2.23 bits per heavy atom. The Balaban J connectivity index is 1.86. The van der Waals surface area contributed by atoms with Gasteiger partial charge < -0.3 is 15.8 Å². The summed E-state index contributed by atoms with van der Waals surface area (Å²) in [7, 11) is 0. The van der Waals surface area contributed by atoms with E-state index in [0.717, 1.165) is 24.8 Å². The first-order valence-electron chi connectivity index (χ1n) is 8.25. The summed E-state index contributed by atoms with van der Waals surface area (Å²) in [5.74, 6) is 0.716. The second-order valence-electron chi connectivity index (χ2n) is 6.16. The fourth-order valence-corrected chi connectivity index (χ4v) is 2.62. The van der Waals surface area contributed by atoms with Crippen LogP contribution >= 0.6 is 0 Å². The van der Waals surface area contributed by atoms with E-state index in [0.29, 0.717) is 12.4 Å². The molecule has 1 saturated carbocycles. The zero-order valence-corrected chi connectivity index (χ0v) is 13.5. The molecule has 5 heteroatoms. The van der Waals surface area contributed by atoms with Crippen LogP contribution in [-0.2, 0) is 11.3 Å². The minimum Gasteiger partial charge on any atom is -0.474 e. The third-order valence-electron chi connectivity index (χ3n) is 4.42. The summed E-state index contributed by atoms with van der Waals surface area (Å²) in [6, 6.07) is 3.32. The highest BCUT2D eigenvalue weighted by molar-refractivity contribution is 5.81. The monoisotopic (exact) mass is 305 g/mol. The van der Waals surface area contributed by atoms with Crippen molar-refractivity contribution in [2.75, 3.05) is 0 Å². The third kappa shape index (κ3) is 4.70. The van der Waals surface area contributed by atoms with Gasteiger partial charge in [0.2, 0.25) is 11.8 Å². The van der Waals surface area contributed by atoms with Gasteiger partial charge in [0.1, 0.15) is 6.10 Å². The Hall–Kier alpha value is -1.62. The highest BCUT2D eigenvalue weighted by Gasteiger charge is 2.19. The van der Waals surface area contributed by atoms with Crippen molar-refractivity contribution >= 4 is 5.91 Å². The smallest absolute Gasteiger partial charge is 0.237 e. The number of hydrogen-bond donors (Lipinski definition) is 2. The standard InChI is InChI=1S/C17H27N3O2/c1-3-12(2)16(18)17(21)20-11-13-8-9-19-15(10-13)22-14-6-4-5-7-14/h8-10,12,14,16H,3-7,11,18H2,1-2H3,(H,20,21). The number of hydrogen-bond acceptors (Lipinski definition) is 4. The molecule has 5 nitrogen and oxygen atoms in total. The number of rotatable bonds is 7. The Kier molecular flexibility index (Phi) is 6.19. The van der Waals surface area contributed by atoms with Crippen LogP contribution < -0.4 is 15.8 Å². The molecule has 1 fully saturated rings. The quantitative estimate of drug-likeness (QED) is 0.811. The van der Waals surface area contributed by atoms with Crippen LogP contribution in [-0.4, -0.2) is 23.0 Å². The van der Waals surface area contributed by atoms with E-state index >= 15 is 0 Å². The Labute approximate surface area is 132 Å². The molecule has 2 rings (SSSR count). The van der Waals surface area contributed by atoms with Crippen molar-refractivity contribution < 1.29 is 9.53 Å². The zero-order chi connectivity index (χ0) is 15.9. The first-order chi connectivity index (χ1) is 10.6. The van der Waals surface area contributed by atoms with Gasteiger partial charge in [-0.25, -0.2) is 4.98 Å². The number of carbonyl (C=O) groups is 1. The molecule has 1 aromatic heterocycles. The van der Waals surface area contributed by atoms with E-state index in [4.69, 9.17) is 10.5 Å². The van der Waals surface area contributed by atoms with Gasteiger partial charge in [0.25, 0.3) is 0 Å². The normalized spacial score (nSPS) is 18.0. The predicted octanol–water partition coefficient (Wildman–Crippen LogP) is 2.39. The molecule has 0 saturated heterocycles. The van der Waals surface area contributed by atoms with Gasteiger partial charge >= 0.3 is 0 Å². The lowest BCUT2D eigenvalue weighted by Crippen LogP contribution is -2.44. The van der Waals surface area contributed by atoms with E-state index in [1.165, 1.54) is 12.8 Å². The van der Waals surface area contributed by atoms with Gasteiger partial charge in [-0.05, 0) is 43.2 Å². The van der Waals surface area contributed by atoms with Crippen LogP contribution in [0, 0.1) is 5.92 Å². The first-order valence-corrected chi connectivity index (χ1v) is 8.25. The van der Waals surface area contributed by atoms with Crippen LogP contribution in [0.3, 0.4) is 0 Å². The average molecular weight is 305 g/mol. The second kappa shape index (κ2) is 8.13. The highest BCUT2D eigenvalue weighted by atomic mass is 16.5. The van der Waals surface area contributed by atoms with Gasteiger partial charge in [0.05, 0.1) is 6.04 Å². The van der Waals surface area contributed by atoms with Crippen LogP contribution in [0.2, 0.25) is 0 Å². The van der Waals surface area contributed by atoms with E-state index in [2.05, 4.69) is 10.3 Å². The van der Waals surface area contributed by atoms with Crippen molar-refractivity contribution in [1.82, 2.24) is 10.3 Å². The number of amides is 1. The average Bonchev–Trinajstić information content (AvgIpc) is 3.04. The molecule has 1 aromatic rings. The first kappa shape index (κ1) is 16.7. The molecular weight excluding hydrogens is 278 g/mol. The zero-order valence-electron chi connectivity index (χ0n) is 13.5. The molecule has 122 valence electrons. The fraction of sp³-hybridized carbons (Fsp3) is 0.647. The molecule has 0 aromatic carbocycles. The van der Waals surface area contributed by atoms with Gasteiger partial charge in [-0.1, -0.05) is 20.3 Å². The van der Waals surface area contributed by atoms with E-state index in [9.17, 15) is 4.79 Å². The Morgan fingerprint density at radius 1 is 1.50 bits per heavy atom. The molecule has 1 aliphatic rings. The number of aromatic nitrogens is 1. The topological polar surface area (TPSA) is 77.2 Å². The maximum atomic E-state index is 12.0. The summed E-state index contributed by atoms with van der Waals surface area (Å²) in [6.07, 6.45) is 7.57. The van der Waals surface area contributed by atoms with E-state index < -0.39 is 6.04 Å². The summed E-state index contributed by atoms with van der Waals surface area (Å²) in [4.78, 5) is 16.2. The molecule has 2 atom stereocenters. The number of nitrogens with one attached hydrogen (secondary N) is 1. The van der Waals surface area contributed by atoms with Crippen molar-refractivity contribution in [2.24, 2.45) is 11.7 Å². The van der Waals surface area contributed by atoms with Gasteiger partial charge in [-0.15, -0.1) is 0 Å². The molecular formula is C17H27N3O2. The van der Waals surface area contributed by atoms with Gasteiger partial charge in [0.15, 0.2) is 0 Å². The van der Waals surface area contributed by atoms with Crippen molar-refractivity contribution in [1.29, 1.82) is 0 Å². The molecule has 2 unspecified atom stereocenters. The molecule has 1 amide bonds. The molecule has 0 spiro atoms. The number of carbonyl (C=O) groups excluding carboxylic acids is 1. The lowest BCUT2D eigenvalue weighted by Gasteiger charge is -2.18. The van der Waals surface area contributed by atoms with Crippen LogP contribution in [0.5, 0.6) is 5.88 Å².